The second-order valence-corrected chi connectivity index (χ2v) is 6.30. The molecule has 2 unspecified atom stereocenters. The highest BCUT2D eigenvalue weighted by atomic mass is 16.5. The van der Waals surface area contributed by atoms with Gasteiger partial charge in [-0.15, -0.1) is 0 Å². The number of aromatic amines is 1. The number of aromatic nitrogens is 3. The van der Waals surface area contributed by atoms with Crippen molar-refractivity contribution in [2.75, 3.05) is 6.61 Å². The van der Waals surface area contributed by atoms with E-state index in [4.69, 9.17) is 4.74 Å². The van der Waals surface area contributed by atoms with Gasteiger partial charge in [0.25, 0.3) is 0 Å². The molecule has 1 saturated carbocycles. The van der Waals surface area contributed by atoms with Crippen molar-refractivity contribution in [2.45, 2.75) is 47.0 Å². The molecule has 0 radical (unpaired) electrons. The van der Waals surface area contributed by atoms with Crippen molar-refractivity contribution in [1.82, 2.24) is 15.2 Å². The van der Waals surface area contributed by atoms with Gasteiger partial charge in [-0.05, 0) is 43.4 Å². The molecule has 1 heterocycles. The highest BCUT2D eigenvalue weighted by Gasteiger charge is 2.34. The van der Waals surface area contributed by atoms with Crippen LogP contribution < -0.4 is 0 Å². The number of nitrogens with one attached hydrogen (secondary N) is 1. The standard InChI is InChI=1S/C15H25N3O2/c1-9-5-13(8-20-12(4)19)6-10(2)14(9)7-15-16-11(3)17-18-15/h9-10,13-14H,5-8H2,1-4H3,(H,16,17,18). The van der Waals surface area contributed by atoms with Crippen LogP contribution in [-0.4, -0.2) is 27.8 Å². The van der Waals surface area contributed by atoms with Crippen molar-refractivity contribution in [2.24, 2.45) is 23.7 Å². The molecular weight excluding hydrogens is 254 g/mol. The highest BCUT2D eigenvalue weighted by Crippen LogP contribution is 2.39. The number of rotatable bonds is 4. The maximum Gasteiger partial charge on any atom is 0.302 e. The summed E-state index contributed by atoms with van der Waals surface area (Å²) in [5.41, 5.74) is 0. The predicted molar refractivity (Wildman–Crippen MR) is 76.0 cm³/mol. The first kappa shape index (κ1) is 15.0. The molecule has 1 aromatic heterocycles. The van der Waals surface area contributed by atoms with E-state index in [1.807, 2.05) is 6.92 Å². The van der Waals surface area contributed by atoms with Crippen LogP contribution in [0.3, 0.4) is 0 Å². The fraction of sp³-hybridized carbons (Fsp3) is 0.800. The number of carbonyl (C=O) groups excluding carboxylic acids is 1. The SMILES string of the molecule is CC(=O)OCC1CC(C)C(Cc2n[nH]c(C)n2)C(C)C1. The molecule has 5 nitrogen and oxygen atoms in total. The van der Waals surface area contributed by atoms with E-state index in [9.17, 15) is 4.79 Å². The van der Waals surface area contributed by atoms with E-state index < -0.39 is 0 Å². The number of H-pyrrole nitrogens is 1. The topological polar surface area (TPSA) is 67.9 Å². The summed E-state index contributed by atoms with van der Waals surface area (Å²) in [6.07, 6.45) is 3.17. The number of nitrogens with zero attached hydrogens (tertiary/aromatic N) is 2. The van der Waals surface area contributed by atoms with Gasteiger partial charge in [0, 0.05) is 13.3 Å². The van der Waals surface area contributed by atoms with Crippen LogP contribution in [0.25, 0.3) is 0 Å². The molecule has 1 aromatic rings. The van der Waals surface area contributed by atoms with Crippen LogP contribution in [0.5, 0.6) is 0 Å². The lowest BCUT2D eigenvalue weighted by Gasteiger charge is -2.38. The average Bonchev–Trinajstić information content (AvgIpc) is 2.77. The Labute approximate surface area is 120 Å². The van der Waals surface area contributed by atoms with E-state index in [-0.39, 0.29) is 5.97 Å². The molecule has 1 aliphatic rings. The Kier molecular flexibility index (Phi) is 4.78. The van der Waals surface area contributed by atoms with Crippen molar-refractivity contribution in [3.05, 3.63) is 11.6 Å². The van der Waals surface area contributed by atoms with Gasteiger partial charge in [-0.25, -0.2) is 4.98 Å². The summed E-state index contributed by atoms with van der Waals surface area (Å²) in [4.78, 5) is 15.3. The van der Waals surface area contributed by atoms with Crippen LogP contribution >= 0.6 is 0 Å². The van der Waals surface area contributed by atoms with Crippen LogP contribution in [0.2, 0.25) is 0 Å². The fourth-order valence-corrected chi connectivity index (χ4v) is 3.52. The van der Waals surface area contributed by atoms with Gasteiger partial charge in [0.2, 0.25) is 0 Å². The summed E-state index contributed by atoms with van der Waals surface area (Å²) < 4.78 is 5.17. The third-order valence-electron chi connectivity index (χ3n) is 4.46. The van der Waals surface area contributed by atoms with Crippen LogP contribution in [0.15, 0.2) is 0 Å². The molecule has 2 rings (SSSR count). The second kappa shape index (κ2) is 6.37. The molecule has 0 spiro atoms. The van der Waals surface area contributed by atoms with E-state index in [0.717, 1.165) is 30.9 Å². The van der Waals surface area contributed by atoms with Gasteiger partial charge in [-0.3, -0.25) is 9.89 Å². The summed E-state index contributed by atoms with van der Waals surface area (Å²) in [5, 5.41) is 7.16. The average molecular weight is 279 g/mol. The van der Waals surface area contributed by atoms with E-state index in [1.165, 1.54) is 6.92 Å². The number of ether oxygens (including phenoxy) is 1. The van der Waals surface area contributed by atoms with Crippen LogP contribution in [0, 0.1) is 30.6 Å². The Bertz CT molecular complexity index is 446. The smallest absolute Gasteiger partial charge is 0.302 e. The second-order valence-electron chi connectivity index (χ2n) is 6.30. The number of hydrogen-bond acceptors (Lipinski definition) is 4. The van der Waals surface area contributed by atoms with Gasteiger partial charge in [-0.1, -0.05) is 13.8 Å². The molecule has 1 N–H and O–H groups in total. The lowest BCUT2D eigenvalue weighted by atomic mass is 9.68. The predicted octanol–water partition coefficient (Wildman–Crippen LogP) is 2.52. The number of carbonyl (C=O) groups is 1. The first-order valence-corrected chi connectivity index (χ1v) is 7.47. The maximum absolute atomic E-state index is 10.9. The minimum absolute atomic E-state index is 0.177. The third-order valence-corrected chi connectivity index (χ3v) is 4.46. The molecule has 1 fully saturated rings. The van der Waals surface area contributed by atoms with Crippen molar-refractivity contribution in [3.8, 4) is 0 Å². The van der Waals surface area contributed by atoms with Gasteiger partial charge >= 0.3 is 5.97 Å². The summed E-state index contributed by atoms with van der Waals surface area (Å²) in [6.45, 7) is 8.56. The van der Waals surface area contributed by atoms with Crippen molar-refractivity contribution >= 4 is 5.97 Å². The lowest BCUT2D eigenvalue weighted by Crippen LogP contribution is -2.33. The number of hydrogen-bond donors (Lipinski definition) is 1. The maximum atomic E-state index is 10.9. The summed E-state index contributed by atoms with van der Waals surface area (Å²) in [7, 11) is 0. The molecule has 0 bridgehead atoms. The zero-order chi connectivity index (χ0) is 14.7. The molecule has 2 atom stereocenters. The zero-order valence-corrected chi connectivity index (χ0v) is 12.8. The largest absolute Gasteiger partial charge is 0.466 e. The Morgan fingerprint density at radius 2 is 2.00 bits per heavy atom. The zero-order valence-electron chi connectivity index (χ0n) is 12.8. The molecule has 112 valence electrons. The minimum Gasteiger partial charge on any atom is -0.466 e. The Hall–Kier alpha value is -1.39. The van der Waals surface area contributed by atoms with E-state index in [0.29, 0.717) is 30.3 Å². The molecule has 0 aliphatic heterocycles. The van der Waals surface area contributed by atoms with Crippen molar-refractivity contribution in [1.29, 1.82) is 0 Å². The quantitative estimate of drug-likeness (QED) is 0.860. The first-order valence-electron chi connectivity index (χ1n) is 7.47. The molecule has 0 aromatic carbocycles. The van der Waals surface area contributed by atoms with Crippen LogP contribution in [0.1, 0.15) is 45.3 Å². The highest BCUT2D eigenvalue weighted by molar-refractivity contribution is 5.65. The molecular formula is C15H25N3O2. The van der Waals surface area contributed by atoms with Gasteiger partial charge in [0.05, 0.1) is 6.61 Å². The molecule has 20 heavy (non-hydrogen) atoms. The van der Waals surface area contributed by atoms with E-state index in [2.05, 4.69) is 29.0 Å². The third kappa shape index (κ3) is 3.81. The Morgan fingerprint density at radius 3 is 2.50 bits per heavy atom. The summed E-state index contributed by atoms with van der Waals surface area (Å²) in [6, 6.07) is 0. The normalized spacial score (nSPS) is 30.2. The minimum atomic E-state index is -0.177. The number of aryl methyl sites for hydroxylation is 1. The van der Waals surface area contributed by atoms with Gasteiger partial charge in [0.15, 0.2) is 5.82 Å². The summed E-state index contributed by atoms with van der Waals surface area (Å²) in [5.74, 6) is 3.95. The van der Waals surface area contributed by atoms with Crippen LogP contribution in [0.4, 0.5) is 0 Å². The monoisotopic (exact) mass is 279 g/mol. The first-order chi connectivity index (χ1) is 9.45. The summed E-state index contributed by atoms with van der Waals surface area (Å²) >= 11 is 0. The van der Waals surface area contributed by atoms with Gasteiger partial charge < -0.3 is 4.74 Å². The molecule has 0 saturated heterocycles. The Morgan fingerprint density at radius 1 is 1.35 bits per heavy atom. The lowest BCUT2D eigenvalue weighted by molar-refractivity contribution is -0.143. The fourth-order valence-electron chi connectivity index (χ4n) is 3.52. The van der Waals surface area contributed by atoms with Gasteiger partial charge in [0.1, 0.15) is 5.82 Å². The van der Waals surface area contributed by atoms with Crippen LogP contribution in [-0.2, 0) is 16.0 Å². The van der Waals surface area contributed by atoms with Crippen molar-refractivity contribution < 1.29 is 9.53 Å². The number of esters is 1. The molecule has 5 heteroatoms. The van der Waals surface area contributed by atoms with E-state index >= 15 is 0 Å². The molecule has 0 amide bonds. The van der Waals surface area contributed by atoms with E-state index in [1.54, 1.807) is 0 Å². The van der Waals surface area contributed by atoms with Crippen molar-refractivity contribution in [3.63, 3.8) is 0 Å². The molecule has 1 aliphatic carbocycles. The van der Waals surface area contributed by atoms with Gasteiger partial charge in [-0.2, -0.15) is 5.10 Å². The Balaban J connectivity index is 1.91.